The van der Waals surface area contributed by atoms with Crippen molar-refractivity contribution in [3.63, 3.8) is 0 Å². The largest absolute Gasteiger partial charge is 0.497 e. The molecule has 1 aliphatic rings. The third-order valence-corrected chi connectivity index (χ3v) is 5.30. The van der Waals surface area contributed by atoms with Crippen molar-refractivity contribution in [3.05, 3.63) is 42.0 Å². The summed E-state index contributed by atoms with van der Waals surface area (Å²) in [5, 5.41) is 9.87. The van der Waals surface area contributed by atoms with Gasteiger partial charge in [0.05, 0.1) is 46.1 Å². The lowest BCUT2D eigenvalue weighted by atomic mass is 9.84. The number of hydrogen-bond acceptors (Lipinski definition) is 6. The molecule has 0 saturated carbocycles. The highest BCUT2D eigenvalue weighted by molar-refractivity contribution is 5.97. The predicted molar refractivity (Wildman–Crippen MR) is 110 cm³/mol. The number of aliphatic carboxylic acids is 1. The maximum Gasteiger partial charge on any atom is 0.308 e. The minimum Gasteiger partial charge on any atom is -0.497 e. The first-order valence-electron chi connectivity index (χ1n) is 9.44. The zero-order chi connectivity index (χ0) is 21.8. The van der Waals surface area contributed by atoms with Gasteiger partial charge in [0, 0.05) is 18.6 Å². The van der Waals surface area contributed by atoms with E-state index >= 15 is 0 Å². The Balaban J connectivity index is 2.17. The van der Waals surface area contributed by atoms with E-state index in [0.717, 1.165) is 0 Å². The summed E-state index contributed by atoms with van der Waals surface area (Å²) in [6.45, 7) is 0. The number of rotatable bonds is 7. The first-order chi connectivity index (χ1) is 14.4. The number of anilines is 1. The van der Waals surface area contributed by atoms with Crippen LogP contribution >= 0.6 is 0 Å². The highest BCUT2D eigenvalue weighted by Gasteiger charge is 2.42. The number of carboxylic acids is 1. The van der Waals surface area contributed by atoms with Gasteiger partial charge in [-0.15, -0.1) is 0 Å². The molecule has 0 spiro atoms. The van der Waals surface area contributed by atoms with Gasteiger partial charge >= 0.3 is 5.97 Å². The number of methoxy groups -OCH3 is 4. The third kappa shape index (κ3) is 3.85. The van der Waals surface area contributed by atoms with Crippen molar-refractivity contribution < 1.29 is 33.6 Å². The maximum absolute atomic E-state index is 13.0. The van der Waals surface area contributed by atoms with Gasteiger partial charge in [0.1, 0.15) is 5.75 Å². The number of carbonyl (C=O) groups excluding carboxylic acids is 1. The zero-order valence-electron chi connectivity index (χ0n) is 17.4. The smallest absolute Gasteiger partial charge is 0.308 e. The first-order valence-corrected chi connectivity index (χ1v) is 9.44. The van der Waals surface area contributed by atoms with Crippen molar-refractivity contribution in [2.45, 2.75) is 18.9 Å². The van der Waals surface area contributed by atoms with Crippen LogP contribution in [0.4, 0.5) is 5.69 Å². The molecule has 1 fully saturated rings. The molecule has 0 bridgehead atoms. The van der Waals surface area contributed by atoms with E-state index in [2.05, 4.69) is 0 Å². The number of piperidine rings is 1. The molecule has 2 aromatic carbocycles. The molecule has 1 amide bonds. The van der Waals surface area contributed by atoms with E-state index in [4.69, 9.17) is 18.9 Å². The van der Waals surface area contributed by atoms with E-state index in [-0.39, 0.29) is 18.7 Å². The average molecular weight is 415 g/mol. The SMILES string of the molecule is COc1ccc(C2C(C(=O)O)CCC(=O)N2c2cc(OC)c(OC)c(OC)c2)cc1. The number of carboxylic acid groups (broad SMARTS) is 1. The second kappa shape index (κ2) is 8.94. The average Bonchev–Trinajstić information content (AvgIpc) is 2.77. The Labute approximate surface area is 174 Å². The Morgan fingerprint density at radius 2 is 1.57 bits per heavy atom. The highest BCUT2D eigenvalue weighted by Crippen LogP contribution is 2.46. The molecular formula is C22H25NO7. The van der Waals surface area contributed by atoms with Gasteiger partial charge in [-0.3, -0.25) is 9.59 Å². The van der Waals surface area contributed by atoms with Crippen LogP contribution in [-0.2, 0) is 9.59 Å². The van der Waals surface area contributed by atoms with Gasteiger partial charge in [-0.2, -0.15) is 0 Å². The van der Waals surface area contributed by atoms with Crippen molar-refractivity contribution in [2.24, 2.45) is 5.92 Å². The summed E-state index contributed by atoms with van der Waals surface area (Å²) in [6.07, 6.45) is 0.381. The fourth-order valence-electron chi connectivity index (χ4n) is 3.84. The topological polar surface area (TPSA) is 94.5 Å². The second-order valence-corrected chi connectivity index (χ2v) is 6.85. The molecule has 0 aliphatic carbocycles. The summed E-state index contributed by atoms with van der Waals surface area (Å²) >= 11 is 0. The minimum atomic E-state index is -0.958. The van der Waals surface area contributed by atoms with Gasteiger partial charge in [-0.1, -0.05) is 12.1 Å². The van der Waals surface area contributed by atoms with E-state index in [1.807, 2.05) is 0 Å². The van der Waals surface area contributed by atoms with Crippen molar-refractivity contribution in [1.82, 2.24) is 0 Å². The molecule has 3 rings (SSSR count). The van der Waals surface area contributed by atoms with Gasteiger partial charge in [0.25, 0.3) is 0 Å². The molecule has 0 radical (unpaired) electrons. The summed E-state index contributed by atoms with van der Waals surface area (Å²) in [5.41, 5.74) is 1.17. The molecule has 2 atom stereocenters. The van der Waals surface area contributed by atoms with E-state index in [1.54, 1.807) is 43.5 Å². The van der Waals surface area contributed by atoms with Crippen LogP contribution in [-0.4, -0.2) is 45.4 Å². The van der Waals surface area contributed by atoms with E-state index in [0.29, 0.717) is 34.2 Å². The normalized spacial score (nSPS) is 18.7. The van der Waals surface area contributed by atoms with E-state index < -0.39 is 17.9 Å². The van der Waals surface area contributed by atoms with Crippen LogP contribution in [0.3, 0.4) is 0 Å². The lowest BCUT2D eigenvalue weighted by Crippen LogP contribution is -2.45. The lowest BCUT2D eigenvalue weighted by Gasteiger charge is -2.40. The summed E-state index contributed by atoms with van der Waals surface area (Å²) in [7, 11) is 6.02. The molecular weight excluding hydrogens is 390 g/mol. The number of carbonyl (C=O) groups is 2. The maximum atomic E-state index is 13.0. The van der Waals surface area contributed by atoms with Crippen molar-refractivity contribution in [1.29, 1.82) is 0 Å². The molecule has 160 valence electrons. The van der Waals surface area contributed by atoms with Crippen LogP contribution in [0, 0.1) is 5.92 Å². The van der Waals surface area contributed by atoms with Gasteiger partial charge in [0.15, 0.2) is 11.5 Å². The van der Waals surface area contributed by atoms with Gasteiger partial charge in [-0.25, -0.2) is 0 Å². The number of amides is 1. The fourth-order valence-corrected chi connectivity index (χ4v) is 3.84. The molecule has 30 heavy (non-hydrogen) atoms. The quantitative estimate of drug-likeness (QED) is 0.741. The fraction of sp³-hybridized carbons (Fsp3) is 0.364. The summed E-state index contributed by atoms with van der Waals surface area (Å²) in [4.78, 5) is 26.6. The highest BCUT2D eigenvalue weighted by atomic mass is 16.5. The number of ether oxygens (including phenoxy) is 4. The Kier molecular flexibility index (Phi) is 6.34. The van der Waals surface area contributed by atoms with Crippen LogP contribution in [0.2, 0.25) is 0 Å². The van der Waals surface area contributed by atoms with Crippen LogP contribution in [0.25, 0.3) is 0 Å². The van der Waals surface area contributed by atoms with Crippen LogP contribution in [0.15, 0.2) is 36.4 Å². The van der Waals surface area contributed by atoms with Crippen LogP contribution in [0.5, 0.6) is 23.0 Å². The third-order valence-electron chi connectivity index (χ3n) is 5.30. The van der Waals surface area contributed by atoms with Crippen molar-refractivity contribution in [3.8, 4) is 23.0 Å². The summed E-state index contributed by atoms with van der Waals surface area (Å²) < 4.78 is 21.4. The standard InChI is InChI=1S/C22H25NO7/c1-27-15-7-5-13(6-8-15)20-16(22(25)26)9-10-19(24)23(20)14-11-17(28-2)21(30-4)18(12-14)29-3/h5-8,11-12,16,20H,9-10H2,1-4H3,(H,25,26). The van der Waals surface area contributed by atoms with Gasteiger partial charge < -0.3 is 29.0 Å². The van der Waals surface area contributed by atoms with Crippen molar-refractivity contribution in [2.75, 3.05) is 33.3 Å². The monoisotopic (exact) mass is 415 g/mol. The summed E-state index contributed by atoms with van der Waals surface area (Å²) in [6, 6.07) is 9.67. The Morgan fingerprint density at radius 1 is 0.967 bits per heavy atom. The molecule has 1 aliphatic heterocycles. The van der Waals surface area contributed by atoms with E-state index in [9.17, 15) is 14.7 Å². The van der Waals surface area contributed by atoms with Crippen LogP contribution in [0.1, 0.15) is 24.4 Å². The lowest BCUT2D eigenvalue weighted by molar-refractivity contribution is -0.144. The molecule has 1 saturated heterocycles. The van der Waals surface area contributed by atoms with Gasteiger partial charge in [-0.05, 0) is 24.1 Å². The molecule has 2 aromatic rings. The summed E-state index contributed by atoms with van der Waals surface area (Å²) in [5.74, 6) is -0.106. The number of benzene rings is 2. The molecule has 8 heteroatoms. The van der Waals surface area contributed by atoms with E-state index in [1.165, 1.54) is 26.2 Å². The predicted octanol–water partition coefficient (Wildman–Crippen LogP) is 3.29. The Bertz CT molecular complexity index is 901. The Hall–Kier alpha value is -3.42. The minimum absolute atomic E-state index is 0.125. The number of nitrogens with zero attached hydrogens (tertiary/aromatic N) is 1. The number of hydrogen-bond donors (Lipinski definition) is 1. The molecule has 1 N–H and O–H groups in total. The zero-order valence-corrected chi connectivity index (χ0v) is 17.4. The van der Waals surface area contributed by atoms with Gasteiger partial charge in [0.2, 0.25) is 11.7 Å². The Morgan fingerprint density at radius 3 is 2.03 bits per heavy atom. The molecule has 8 nitrogen and oxygen atoms in total. The van der Waals surface area contributed by atoms with Crippen molar-refractivity contribution >= 4 is 17.6 Å². The second-order valence-electron chi connectivity index (χ2n) is 6.85. The molecule has 1 heterocycles. The molecule has 2 unspecified atom stereocenters. The molecule has 0 aromatic heterocycles. The van der Waals surface area contributed by atoms with Crippen LogP contribution < -0.4 is 23.8 Å². The first kappa shape index (κ1) is 21.3.